The molecule has 1 aromatic carbocycles. The first kappa shape index (κ1) is 15.6. The van der Waals surface area contributed by atoms with E-state index in [4.69, 9.17) is 0 Å². The fraction of sp³-hybridized carbons (Fsp3) is 0.533. The first-order valence-corrected chi connectivity index (χ1v) is 7.52. The smallest absolute Gasteiger partial charge is 0.235 e. The SMILES string of the molecule is CCCCCCC[n+]1c(C)sc2ccccc21.[Br-]. The summed E-state index contributed by atoms with van der Waals surface area (Å²) in [6.07, 6.45) is 6.77. The predicted molar refractivity (Wildman–Crippen MR) is 75.5 cm³/mol. The minimum Gasteiger partial charge on any atom is -1.00 e. The zero-order valence-electron chi connectivity index (χ0n) is 11.3. The summed E-state index contributed by atoms with van der Waals surface area (Å²) in [7, 11) is 0. The highest BCUT2D eigenvalue weighted by Crippen LogP contribution is 2.19. The molecule has 2 rings (SSSR count). The van der Waals surface area contributed by atoms with Crippen molar-refractivity contribution >= 4 is 21.6 Å². The summed E-state index contributed by atoms with van der Waals surface area (Å²) in [5.74, 6) is 0. The van der Waals surface area contributed by atoms with E-state index in [0.29, 0.717) is 0 Å². The van der Waals surface area contributed by atoms with Gasteiger partial charge in [-0.15, -0.1) is 0 Å². The van der Waals surface area contributed by atoms with Gasteiger partial charge in [0.1, 0.15) is 11.2 Å². The van der Waals surface area contributed by atoms with E-state index < -0.39 is 0 Å². The maximum absolute atomic E-state index is 2.48. The minimum atomic E-state index is 0. The molecule has 0 N–H and O–H groups in total. The van der Waals surface area contributed by atoms with E-state index in [9.17, 15) is 0 Å². The van der Waals surface area contributed by atoms with Crippen LogP contribution in [0.5, 0.6) is 0 Å². The largest absolute Gasteiger partial charge is 1.00 e. The van der Waals surface area contributed by atoms with E-state index in [1.807, 2.05) is 11.3 Å². The van der Waals surface area contributed by atoms with E-state index in [0.717, 1.165) is 0 Å². The topological polar surface area (TPSA) is 3.88 Å². The fourth-order valence-electron chi connectivity index (χ4n) is 2.30. The van der Waals surface area contributed by atoms with Gasteiger partial charge in [-0.2, -0.15) is 4.57 Å². The molecule has 1 heterocycles. The summed E-state index contributed by atoms with van der Waals surface area (Å²) >= 11 is 1.91. The molecular weight excluding hydrogens is 306 g/mol. The van der Waals surface area contributed by atoms with Crippen LogP contribution in [0, 0.1) is 6.92 Å². The normalized spacial score (nSPS) is 10.6. The standard InChI is InChI=1S/C15H22NS.BrH/c1-3-4-5-6-9-12-16-13(2)17-15-11-8-7-10-14(15)16;/h7-8,10-11H,3-6,9,12H2,1-2H3;1H/q+1;/p-1. The Balaban J connectivity index is 0.00000162. The highest BCUT2D eigenvalue weighted by atomic mass is 79.9. The number of aryl methyl sites for hydroxylation is 2. The summed E-state index contributed by atoms with van der Waals surface area (Å²) in [5.41, 5.74) is 1.41. The number of aromatic nitrogens is 1. The lowest BCUT2D eigenvalue weighted by atomic mass is 10.1. The summed E-state index contributed by atoms with van der Waals surface area (Å²) in [5, 5.41) is 1.43. The van der Waals surface area contributed by atoms with Crippen LogP contribution in [0.2, 0.25) is 0 Å². The van der Waals surface area contributed by atoms with Gasteiger partial charge in [0.15, 0.2) is 0 Å². The van der Waals surface area contributed by atoms with Gasteiger partial charge in [-0.25, -0.2) is 0 Å². The van der Waals surface area contributed by atoms with Crippen molar-refractivity contribution in [1.29, 1.82) is 0 Å². The molecule has 100 valence electrons. The summed E-state index contributed by atoms with van der Waals surface area (Å²) < 4.78 is 3.89. The molecule has 18 heavy (non-hydrogen) atoms. The van der Waals surface area contributed by atoms with Crippen LogP contribution in [-0.4, -0.2) is 0 Å². The van der Waals surface area contributed by atoms with Crippen LogP contribution < -0.4 is 21.5 Å². The lowest BCUT2D eigenvalue weighted by Gasteiger charge is -1.98. The van der Waals surface area contributed by atoms with Crippen LogP contribution in [0.15, 0.2) is 24.3 Å². The zero-order chi connectivity index (χ0) is 12.1. The number of benzene rings is 1. The molecule has 0 radical (unpaired) electrons. The molecule has 2 aromatic rings. The molecule has 0 atom stereocenters. The van der Waals surface area contributed by atoms with Crippen molar-refractivity contribution < 1.29 is 21.5 Å². The van der Waals surface area contributed by atoms with Crippen LogP contribution in [0.3, 0.4) is 0 Å². The van der Waals surface area contributed by atoms with E-state index >= 15 is 0 Å². The highest BCUT2D eigenvalue weighted by molar-refractivity contribution is 7.18. The molecule has 0 fully saturated rings. The van der Waals surface area contributed by atoms with E-state index in [2.05, 4.69) is 42.7 Å². The van der Waals surface area contributed by atoms with Gasteiger partial charge < -0.3 is 17.0 Å². The van der Waals surface area contributed by atoms with Crippen LogP contribution in [0.1, 0.15) is 44.0 Å². The molecule has 0 saturated carbocycles. The van der Waals surface area contributed by atoms with Crippen molar-refractivity contribution in [3.8, 4) is 0 Å². The number of rotatable bonds is 6. The maximum atomic E-state index is 2.48. The third-order valence-electron chi connectivity index (χ3n) is 3.28. The molecular formula is C15H22BrNS. The van der Waals surface area contributed by atoms with Gasteiger partial charge in [0.05, 0.1) is 0 Å². The van der Waals surface area contributed by atoms with Crippen LogP contribution in [0.25, 0.3) is 10.2 Å². The molecule has 0 saturated heterocycles. The Labute approximate surface area is 125 Å². The molecule has 0 bridgehead atoms. The first-order valence-electron chi connectivity index (χ1n) is 6.71. The third kappa shape index (κ3) is 3.79. The lowest BCUT2D eigenvalue weighted by molar-refractivity contribution is -0.673. The van der Waals surface area contributed by atoms with Crippen molar-refractivity contribution in [2.45, 2.75) is 52.5 Å². The Morgan fingerprint density at radius 2 is 1.78 bits per heavy atom. The van der Waals surface area contributed by atoms with E-state index in [1.165, 1.54) is 53.9 Å². The number of thiazole rings is 1. The van der Waals surface area contributed by atoms with Crippen LogP contribution in [0.4, 0.5) is 0 Å². The van der Waals surface area contributed by atoms with Gasteiger partial charge in [0, 0.05) is 19.4 Å². The monoisotopic (exact) mass is 327 g/mol. The molecule has 0 unspecified atom stereocenters. The molecule has 1 nitrogen and oxygen atoms in total. The second kappa shape index (κ2) is 7.90. The molecule has 0 aliphatic rings. The number of para-hydroxylation sites is 1. The van der Waals surface area contributed by atoms with Crippen molar-refractivity contribution in [3.63, 3.8) is 0 Å². The second-order valence-corrected chi connectivity index (χ2v) is 5.89. The van der Waals surface area contributed by atoms with Crippen LogP contribution >= 0.6 is 11.3 Å². The summed E-state index contributed by atoms with van der Waals surface area (Å²) in [4.78, 5) is 0. The third-order valence-corrected chi connectivity index (χ3v) is 4.36. The van der Waals surface area contributed by atoms with E-state index in [1.54, 1.807) is 0 Å². The first-order chi connectivity index (χ1) is 8.33. The second-order valence-electron chi connectivity index (χ2n) is 4.65. The van der Waals surface area contributed by atoms with Gasteiger partial charge in [-0.05, 0) is 12.5 Å². The van der Waals surface area contributed by atoms with Crippen molar-refractivity contribution in [2.75, 3.05) is 0 Å². The maximum Gasteiger partial charge on any atom is 0.235 e. The Morgan fingerprint density at radius 3 is 2.56 bits per heavy atom. The number of halogens is 1. The lowest BCUT2D eigenvalue weighted by Crippen LogP contribution is -3.00. The van der Waals surface area contributed by atoms with Crippen LogP contribution in [-0.2, 0) is 6.54 Å². The van der Waals surface area contributed by atoms with Gasteiger partial charge in [-0.3, -0.25) is 0 Å². The van der Waals surface area contributed by atoms with E-state index in [-0.39, 0.29) is 17.0 Å². The molecule has 0 aliphatic heterocycles. The van der Waals surface area contributed by atoms with Crippen molar-refractivity contribution in [2.24, 2.45) is 0 Å². The Morgan fingerprint density at radius 1 is 1.06 bits per heavy atom. The summed E-state index contributed by atoms with van der Waals surface area (Å²) in [6, 6.07) is 8.73. The molecule has 3 heteroatoms. The predicted octanol–water partition coefficient (Wildman–Crippen LogP) is 1.47. The summed E-state index contributed by atoms with van der Waals surface area (Å²) in [6.45, 7) is 5.68. The van der Waals surface area contributed by atoms with Gasteiger partial charge in [-0.1, -0.05) is 49.7 Å². The molecule has 1 aromatic heterocycles. The molecule has 0 aliphatic carbocycles. The average Bonchev–Trinajstić information content (AvgIpc) is 2.65. The number of unbranched alkanes of at least 4 members (excludes halogenated alkanes) is 4. The zero-order valence-corrected chi connectivity index (χ0v) is 13.7. The number of hydrogen-bond donors (Lipinski definition) is 0. The highest BCUT2D eigenvalue weighted by Gasteiger charge is 2.15. The quantitative estimate of drug-likeness (QED) is 0.559. The Kier molecular flexibility index (Phi) is 6.87. The fourth-order valence-corrected chi connectivity index (χ4v) is 3.35. The van der Waals surface area contributed by atoms with Gasteiger partial charge in [0.2, 0.25) is 10.5 Å². The number of nitrogens with zero attached hydrogens (tertiary/aromatic N) is 1. The molecule has 0 spiro atoms. The number of fused-ring (bicyclic) bond motifs is 1. The Hall–Kier alpha value is -0.410. The van der Waals surface area contributed by atoms with Gasteiger partial charge >= 0.3 is 0 Å². The van der Waals surface area contributed by atoms with Crippen molar-refractivity contribution in [3.05, 3.63) is 29.3 Å². The van der Waals surface area contributed by atoms with Gasteiger partial charge in [0.25, 0.3) is 0 Å². The van der Waals surface area contributed by atoms with Crippen molar-refractivity contribution in [1.82, 2.24) is 0 Å². The molecule has 0 amide bonds. The average molecular weight is 328 g/mol. The number of hydrogen-bond acceptors (Lipinski definition) is 1. The minimum absolute atomic E-state index is 0. The Bertz CT molecular complexity index is 478.